The van der Waals surface area contributed by atoms with Gasteiger partial charge in [0, 0.05) is 19.3 Å². The highest BCUT2D eigenvalue weighted by molar-refractivity contribution is 5.74. The summed E-state index contributed by atoms with van der Waals surface area (Å²) in [6.07, 6.45) is -3.84. The maximum absolute atomic E-state index is 12.3. The van der Waals surface area contributed by atoms with Gasteiger partial charge >= 0.3 is 12.2 Å². The number of aromatic nitrogens is 2. The van der Waals surface area contributed by atoms with Crippen LogP contribution in [-0.4, -0.2) is 39.7 Å². The van der Waals surface area contributed by atoms with E-state index in [0.717, 1.165) is 0 Å². The van der Waals surface area contributed by atoms with Crippen LogP contribution in [0, 0.1) is 5.92 Å². The van der Waals surface area contributed by atoms with E-state index >= 15 is 0 Å². The normalized spacial score (nSPS) is 23.2. The number of amides is 2. The molecule has 112 valence electrons. The Morgan fingerprint density at radius 3 is 2.85 bits per heavy atom. The Kier molecular flexibility index (Phi) is 3.89. The predicted molar refractivity (Wildman–Crippen MR) is 62.7 cm³/mol. The van der Waals surface area contributed by atoms with Crippen molar-refractivity contribution in [3.63, 3.8) is 0 Å². The standard InChI is InChI=1S/C11H15F3N4O2/c1-18-8(2-3-16-18)9(19)5-15-10(20)17-7-4-6(7)11(12,13)14/h2-3,6-7,9,19H,4-5H2,1H3,(H2,15,17,20)/t6-,7-,9?/m1/s1. The molecule has 9 heteroatoms. The summed E-state index contributed by atoms with van der Waals surface area (Å²) in [5.74, 6) is -1.46. The lowest BCUT2D eigenvalue weighted by Gasteiger charge is -2.13. The number of hydrogen-bond donors (Lipinski definition) is 3. The minimum absolute atomic E-state index is 0.0960. The van der Waals surface area contributed by atoms with Crippen LogP contribution in [0.25, 0.3) is 0 Å². The van der Waals surface area contributed by atoms with Crippen LogP contribution in [0.4, 0.5) is 18.0 Å². The number of hydrogen-bond acceptors (Lipinski definition) is 3. The summed E-state index contributed by atoms with van der Waals surface area (Å²) >= 11 is 0. The first-order valence-electron chi connectivity index (χ1n) is 6.06. The zero-order valence-electron chi connectivity index (χ0n) is 10.7. The van der Waals surface area contributed by atoms with Crippen LogP contribution < -0.4 is 10.6 Å². The zero-order chi connectivity index (χ0) is 14.9. The number of aliphatic hydroxyl groups is 1. The molecule has 0 bridgehead atoms. The Hall–Kier alpha value is -1.77. The van der Waals surface area contributed by atoms with E-state index in [0.29, 0.717) is 5.69 Å². The molecule has 0 spiro atoms. The Bertz CT molecular complexity index is 488. The Balaban J connectivity index is 1.73. The fourth-order valence-corrected chi connectivity index (χ4v) is 1.94. The summed E-state index contributed by atoms with van der Waals surface area (Å²) < 4.78 is 38.2. The van der Waals surface area contributed by atoms with Gasteiger partial charge in [0.1, 0.15) is 6.10 Å². The van der Waals surface area contributed by atoms with Crippen LogP contribution in [-0.2, 0) is 7.05 Å². The van der Waals surface area contributed by atoms with Gasteiger partial charge in [-0.05, 0) is 12.5 Å². The highest BCUT2D eigenvalue weighted by atomic mass is 19.4. The van der Waals surface area contributed by atoms with Gasteiger partial charge in [-0.15, -0.1) is 0 Å². The summed E-state index contributed by atoms with van der Waals surface area (Å²) in [7, 11) is 1.64. The van der Waals surface area contributed by atoms with Crippen LogP contribution in [0.5, 0.6) is 0 Å². The van der Waals surface area contributed by atoms with E-state index < -0.39 is 30.3 Å². The van der Waals surface area contributed by atoms with Gasteiger partial charge < -0.3 is 15.7 Å². The Morgan fingerprint density at radius 1 is 1.65 bits per heavy atom. The monoisotopic (exact) mass is 292 g/mol. The van der Waals surface area contributed by atoms with Crippen molar-refractivity contribution in [1.82, 2.24) is 20.4 Å². The predicted octanol–water partition coefficient (Wildman–Crippen LogP) is 0.703. The molecule has 3 N–H and O–H groups in total. The molecule has 0 aromatic carbocycles. The van der Waals surface area contributed by atoms with Crippen molar-refractivity contribution in [2.24, 2.45) is 13.0 Å². The molecule has 3 atom stereocenters. The van der Waals surface area contributed by atoms with Crippen molar-refractivity contribution < 1.29 is 23.1 Å². The topological polar surface area (TPSA) is 79.2 Å². The molecule has 0 saturated heterocycles. The Labute approximate surface area is 113 Å². The van der Waals surface area contributed by atoms with E-state index in [1.165, 1.54) is 10.9 Å². The molecule has 1 heterocycles. The van der Waals surface area contributed by atoms with Crippen molar-refractivity contribution >= 4 is 6.03 Å². The van der Waals surface area contributed by atoms with Gasteiger partial charge in [0.2, 0.25) is 0 Å². The second-order valence-electron chi connectivity index (χ2n) is 4.74. The number of aryl methyl sites for hydroxylation is 1. The molecule has 1 fully saturated rings. The number of aliphatic hydroxyl groups excluding tert-OH is 1. The number of halogens is 3. The van der Waals surface area contributed by atoms with Crippen molar-refractivity contribution in [3.05, 3.63) is 18.0 Å². The van der Waals surface area contributed by atoms with Crippen molar-refractivity contribution in [1.29, 1.82) is 0 Å². The molecule has 1 aromatic heterocycles. The average molecular weight is 292 g/mol. The molecule has 6 nitrogen and oxygen atoms in total. The van der Waals surface area contributed by atoms with Gasteiger partial charge in [0.15, 0.2) is 0 Å². The summed E-state index contributed by atoms with van der Waals surface area (Å²) in [6, 6.07) is -0.00279. The number of carbonyl (C=O) groups excluding carboxylic acids is 1. The van der Waals surface area contributed by atoms with Crippen molar-refractivity contribution in [2.75, 3.05) is 6.54 Å². The first-order valence-corrected chi connectivity index (χ1v) is 6.06. The lowest BCUT2D eigenvalue weighted by molar-refractivity contribution is -0.148. The van der Waals surface area contributed by atoms with Crippen LogP contribution >= 0.6 is 0 Å². The fourth-order valence-electron chi connectivity index (χ4n) is 1.94. The molecule has 1 aliphatic carbocycles. The minimum Gasteiger partial charge on any atom is -0.385 e. The third-order valence-electron chi connectivity index (χ3n) is 3.18. The third kappa shape index (κ3) is 3.41. The van der Waals surface area contributed by atoms with E-state index in [9.17, 15) is 23.1 Å². The first-order chi connectivity index (χ1) is 9.29. The lowest BCUT2D eigenvalue weighted by atomic mass is 10.2. The van der Waals surface area contributed by atoms with Gasteiger partial charge in [0.25, 0.3) is 0 Å². The number of nitrogens with one attached hydrogen (secondary N) is 2. The van der Waals surface area contributed by atoms with Crippen LogP contribution in [0.15, 0.2) is 12.3 Å². The number of rotatable bonds is 4. The number of carbonyl (C=O) groups is 1. The van der Waals surface area contributed by atoms with Gasteiger partial charge in [-0.3, -0.25) is 4.68 Å². The average Bonchev–Trinajstić information content (AvgIpc) is 2.99. The van der Waals surface area contributed by atoms with Gasteiger partial charge in [-0.1, -0.05) is 0 Å². The molecule has 2 amide bonds. The summed E-state index contributed by atoms with van der Waals surface area (Å²) in [5.41, 5.74) is 0.505. The molecule has 2 rings (SSSR count). The largest absolute Gasteiger partial charge is 0.393 e. The molecule has 20 heavy (non-hydrogen) atoms. The molecule has 1 unspecified atom stereocenters. The SMILES string of the molecule is Cn1nccc1C(O)CNC(=O)N[C@@H]1C[C@H]1C(F)(F)F. The number of alkyl halides is 3. The molecule has 1 aromatic rings. The second-order valence-corrected chi connectivity index (χ2v) is 4.74. The highest BCUT2D eigenvalue weighted by Crippen LogP contribution is 2.44. The highest BCUT2D eigenvalue weighted by Gasteiger charge is 2.56. The number of urea groups is 1. The summed E-state index contributed by atoms with van der Waals surface area (Å²) in [4.78, 5) is 11.4. The summed E-state index contributed by atoms with van der Waals surface area (Å²) in [6.45, 7) is -0.102. The Morgan fingerprint density at radius 2 is 2.35 bits per heavy atom. The third-order valence-corrected chi connectivity index (χ3v) is 3.18. The van der Waals surface area contributed by atoms with Gasteiger partial charge in [0.05, 0.1) is 18.2 Å². The van der Waals surface area contributed by atoms with E-state index in [-0.39, 0.29) is 13.0 Å². The van der Waals surface area contributed by atoms with E-state index in [1.54, 1.807) is 13.1 Å². The lowest BCUT2D eigenvalue weighted by Crippen LogP contribution is -2.40. The second kappa shape index (κ2) is 5.31. The molecule has 0 radical (unpaired) electrons. The minimum atomic E-state index is -4.27. The molecule has 1 aliphatic rings. The van der Waals surface area contributed by atoms with Crippen LogP contribution in [0.1, 0.15) is 18.2 Å². The van der Waals surface area contributed by atoms with Crippen molar-refractivity contribution in [3.8, 4) is 0 Å². The van der Waals surface area contributed by atoms with E-state index in [2.05, 4.69) is 15.7 Å². The number of nitrogens with zero attached hydrogens (tertiary/aromatic N) is 2. The molecular formula is C11H15F3N4O2. The smallest absolute Gasteiger partial charge is 0.385 e. The molecule has 1 saturated carbocycles. The molecule has 0 aliphatic heterocycles. The van der Waals surface area contributed by atoms with Crippen LogP contribution in [0.3, 0.4) is 0 Å². The van der Waals surface area contributed by atoms with Crippen LogP contribution in [0.2, 0.25) is 0 Å². The van der Waals surface area contributed by atoms with Gasteiger partial charge in [-0.25, -0.2) is 4.79 Å². The molecular weight excluding hydrogens is 277 g/mol. The first kappa shape index (κ1) is 14.6. The maximum atomic E-state index is 12.3. The zero-order valence-corrected chi connectivity index (χ0v) is 10.7. The summed E-state index contributed by atoms with van der Waals surface area (Å²) in [5, 5.41) is 18.2. The quantitative estimate of drug-likeness (QED) is 0.764. The van der Waals surface area contributed by atoms with Gasteiger partial charge in [-0.2, -0.15) is 18.3 Å². The van der Waals surface area contributed by atoms with Crippen molar-refractivity contribution in [2.45, 2.75) is 24.7 Å². The fraction of sp³-hybridized carbons (Fsp3) is 0.636. The van der Waals surface area contributed by atoms with E-state index in [4.69, 9.17) is 0 Å². The maximum Gasteiger partial charge on any atom is 0.393 e. The van der Waals surface area contributed by atoms with E-state index in [1.807, 2.05) is 0 Å².